The summed E-state index contributed by atoms with van der Waals surface area (Å²) in [6, 6.07) is 7.45. The van der Waals surface area contributed by atoms with E-state index in [0.29, 0.717) is 40.6 Å². The number of nitrogens with one attached hydrogen (secondary N) is 1. The second-order valence-corrected chi connectivity index (χ2v) is 7.95. The van der Waals surface area contributed by atoms with Gasteiger partial charge in [-0.3, -0.25) is 9.67 Å². The molecule has 13 heteroatoms. The van der Waals surface area contributed by atoms with Gasteiger partial charge in [-0.25, -0.2) is 18.7 Å². The van der Waals surface area contributed by atoms with Gasteiger partial charge in [0.15, 0.2) is 23.1 Å². The van der Waals surface area contributed by atoms with E-state index in [9.17, 15) is 8.78 Å². The summed E-state index contributed by atoms with van der Waals surface area (Å²) < 4.78 is 46.9. The van der Waals surface area contributed by atoms with Crippen molar-refractivity contribution in [2.45, 2.75) is 6.54 Å². The van der Waals surface area contributed by atoms with Gasteiger partial charge in [0.05, 0.1) is 50.1 Å². The monoisotopic (exact) mass is 520 g/mol. The molecule has 0 saturated heterocycles. The highest BCUT2D eigenvalue weighted by molar-refractivity contribution is 5.88. The molecule has 0 bridgehead atoms. The van der Waals surface area contributed by atoms with E-state index < -0.39 is 11.6 Å². The van der Waals surface area contributed by atoms with Crippen LogP contribution >= 0.6 is 0 Å². The van der Waals surface area contributed by atoms with Crippen LogP contribution in [0.5, 0.6) is 11.5 Å². The van der Waals surface area contributed by atoms with Crippen LogP contribution in [0.3, 0.4) is 0 Å². The molecular formula is C25H22F2N8O3. The number of fused-ring (bicyclic) bond motifs is 1. The molecule has 38 heavy (non-hydrogen) atoms. The second-order valence-electron chi connectivity index (χ2n) is 7.95. The van der Waals surface area contributed by atoms with Crippen LogP contribution in [0, 0.1) is 11.6 Å². The Balaban J connectivity index is 1.51. The number of nitrogens with zero attached hydrogens (tertiary/aromatic N) is 7. The third-order valence-corrected chi connectivity index (χ3v) is 5.52. The van der Waals surface area contributed by atoms with Crippen LogP contribution in [-0.4, -0.2) is 62.4 Å². The molecule has 0 aliphatic carbocycles. The zero-order valence-corrected chi connectivity index (χ0v) is 20.4. The fraction of sp³-hybridized carbons (Fsp3) is 0.200. The molecule has 194 valence electrons. The number of hydrogen-bond acceptors (Lipinski definition) is 10. The minimum Gasteiger partial charge on any atom is -0.491 e. The maximum atomic E-state index is 14.9. The van der Waals surface area contributed by atoms with Crippen molar-refractivity contribution in [3.63, 3.8) is 0 Å². The lowest BCUT2D eigenvalue weighted by molar-refractivity contribution is 0.146. The highest BCUT2D eigenvalue weighted by atomic mass is 19.1. The number of pyridine rings is 1. The molecule has 0 saturated carbocycles. The molecule has 0 amide bonds. The molecule has 11 nitrogen and oxygen atoms in total. The Hall–Kier alpha value is -4.78. The largest absolute Gasteiger partial charge is 0.491 e. The molecule has 0 radical (unpaired) electrons. The van der Waals surface area contributed by atoms with Gasteiger partial charge in [0.25, 0.3) is 0 Å². The third kappa shape index (κ3) is 5.18. The maximum Gasteiger partial charge on any atom is 0.184 e. The van der Waals surface area contributed by atoms with Crippen molar-refractivity contribution in [1.29, 1.82) is 0 Å². The topological polar surface area (TPSA) is 122 Å². The molecule has 0 aliphatic rings. The fourth-order valence-corrected chi connectivity index (χ4v) is 3.71. The molecule has 4 aromatic heterocycles. The Labute approximate surface area is 215 Å². The predicted octanol–water partition coefficient (Wildman–Crippen LogP) is 3.78. The van der Waals surface area contributed by atoms with Gasteiger partial charge in [0, 0.05) is 31.0 Å². The van der Waals surface area contributed by atoms with Crippen molar-refractivity contribution in [2.24, 2.45) is 0 Å². The van der Waals surface area contributed by atoms with Crippen molar-refractivity contribution in [3.8, 4) is 23.0 Å². The molecule has 0 atom stereocenters. The first-order valence-electron chi connectivity index (χ1n) is 11.4. The van der Waals surface area contributed by atoms with Gasteiger partial charge in [0.1, 0.15) is 29.5 Å². The molecular weight excluding hydrogens is 498 g/mol. The van der Waals surface area contributed by atoms with Crippen molar-refractivity contribution < 1.29 is 23.0 Å². The molecule has 0 unspecified atom stereocenters. The Morgan fingerprint density at radius 2 is 1.82 bits per heavy atom. The molecule has 0 aliphatic heterocycles. The highest BCUT2D eigenvalue weighted by Crippen LogP contribution is 2.30. The SMILES string of the molecule is COCCOc1cc(F)c(Cn2nc(-c3ncc(OC)c(Nc4ccnnc4)n3)c3ncccc32)c(F)c1. The number of benzene rings is 1. The Morgan fingerprint density at radius 1 is 0.974 bits per heavy atom. The lowest BCUT2D eigenvalue weighted by atomic mass is 10.2. The van der Waals surface area contributed by atoms with Gasteiger partial charge in [-0.1, -0.05) is 0 Å². The molecule has 5 aromatic rings. The minimum atomic E-state index is -0.760. The van der Waals surface area contributed by atoms with Crippen molar-refractivity contribution in [3.05, 3.63) is 72.3 Å². The zero-order valence-electron chi connectivity index (χ0n) is 20.4. The van der Waals surface area contributed by atoms with E-state index in [1.807, 2.05) is 0 Å². The average molecular weight is 521 g/mol. The first-order valence-corrected chi connectivity index (χ1v) is 11.4. The van der Waals surface area contributed by atoms with E-state index in [2.05, 4.69) is 35.6 Å². The first kappa shape index (κ1) is 24.9. The quantitative estimate of drug-likeness (QED) is 0.272. The van der Waals surface area contributed by atoms with E-state index in [1.165, 1.54) is 37.5 Å². The number of methoxy groups -OCH3 is 2. The van der Waals surface area contributed by atoms with Gasteiger partial charge >= 0.3 is 0 Å². The molecule has 1 aromatic carbocycles. The van der Waals surface area contributed by atoms with Gasteiger partial charge < -0.3 is 19.5 Å². The Bertz CT molecular complexity index is 1540. The minimum absolute atomic E-state index is 0.0736. The summed E-state index contributed by atoms with van der Waals surface area (Å²) in [4.78, 5) is 13.4. The molecule has 4 heterocycles. The summed E-state index contributed by atoms with van der Waals surface area (Å²) in [6.45, 7) is 0.274. The smallest absolute Gasteiger partial charge is 0.184 e. The molecule has 0 fully saturated rings. The molecule has 1 N–H and O–H groups in total. The summed E-state index contributed by atoms with van der Waals surface area (Å²) in [5.41, 5.74) is 1.81. The summed E-state index contributed by atoms with van der Waals surface area (Å²) in [5, 5.41) is 15.3. The van der Waals surface area contributed by atoms with E-state index in [1.54, 1.807) is 24.4 Å². The number of halogens is 2. The van der Waals surface area contributed by atoms with Gasteiger partial charge in [-0.15, -0.1) is 0 Å². The summed E-state index contributed by atoms with van der Waals surface area (Å²) in [5.74, 6) is -0.455. The Morgan fingerprint density at radius 3 is 2.55 bits per heavy atom. The van der Waals surface area contributed by atoms with Gasteiger partial charge in [-0.05, 0) is 18.2 Å². The van der Waals surface area contributed by atoms with Crippen LogP contribution in [-0.2, 0) is 11.3 Å². The number of ether oxygens (including phenoxy) is 3. The van der Waals surface area contributed by atoms with Crippen LogP contribution in [0.4, 0.5) is 20.3 Å². The maximum absolute atomic E-state index is 14.9. The van der Waals surface area contributed by atoms with Crippen LogP contribution in [0.25, 0.3) is 22.6 Å². The fourth-order valence-electron chi connectivity index (χ4n) is 3.71. The lowest BCUT2D eigenvalue weighted by Gasteiger charge is -2.11. The molecule has 5 rings (SSSR count). The number of aromatic nitrogens is 7. The van der Waals surface area contributed by atoms with Crippen molar-refractivity contribution in [2.75, 3.05) is 32.8 Å². The number of rotatable bonds is 10. The summed E-state index contributed by atoms with van der Waals surface area (Å²) in [7, 11) is 3.01. The first-order chi connectivity index (χ1) is 18.6. The van der Waals surface area contributed by atoms with E-state index >= 15 is 0 Å². The van der Waals surface area contributed by atoms with Crippen molar-refractivity contribution >= 4 is 22.5 Å². The van der Waals surface area contributed by atoms with Gasteiger partial charge in [0.2, 0.25) is 0 Å². The normalized spacial score (nSPS) is 11.1. The standard InChI is InChI=1S/C25H22F2N8O3/c1-36-8-9-38-16-10-18(26)17(19(27)11-16)14-35-20-4-3-6-28-22(20)23(34-35)25-29-13-21(37-2)24(33-25)32-15-5-7-30-31-12-15/h3-7,10-13H,8-9,14H2,1-2H3,(H,29,30,32,33). The average Bonchev–Trinajstić information content (AvgIpc) is 3.30. The number of anilines is 2. The van der Waals surface area contributed by atoms with E-state index in [4.69, 9.17) is 14.2 Å². The second kappa shape index (κ2) is 11.1. The lowest BCUT2D eigenvalue weighted by Crippen LogP contribution is -2.09. The summed E-state index contributed by atoms with van der Waals surface area (Å²) >= 11 is 0. The summed E-state index contributed by atoms with van der Waals surface area (Å²) in [6.07, 6.45) is 6.15. The zero-order chi connectivity index (χ0) is 26.5. The predicted molar refractivity (Wildman–Crippen MR) is 133 cm³/mol. The third-order valence-electron chi connectivity index (χ3n) is 5.52. The van der Waals surface area contributed by atoms with Crippen LogP contribution in [0.1, 0.15) is 5.56 Å². The Kier molecular flexibility index (Phi) is 7.26. The highest BCUT2D eigenvalue weighted by Gasteiger charge is 2.20. The van der Waals surface area contributed by atoms with E-state index in [-0.39, 0.29) is 30.3 Å². The van der Waals surface area contributed by atoms with E-state index in [0.717, 1.165) is 12.1 Å². The van der Waals surface area contributed by atoms with Gasteiger partial charge in [-0.2, -0.15) is 15.3 Å². The van der Waals surface area contributed by atoms with Crippen LogP contribution in [0.2, 0.25) is 0 Å². The van der Waals surface area contributed by atoms with Crippen LogP contribution in [0.15, 0.2) is 55.1 Å². The van der Waals surface area contributed by atoms with Crippen molar-refractivity contribution in [1.82, 2.24) is 34.9 Å². The number of hydrogen-bond donors (Lipinski definition) is 1. The van der Waals surface area contributed by atoms with Crippen LogP contribution < -0.4 is 14.8 Å². The molecule has 0 spiro atoms.